The van der Waals surface area contributed by atoms with Crippen LogP contribution in [0.4, 0.5) is 5.69 Å². The second-order valence-electron chi connectivity index (χ2n) is 5.95. The molecule has 25 heavy (non-hydrogen) atoms. The van der Waals surface area contributed by atoms with Crippen LogP contribution < -0.4 is 11.1 Å². The van der Waals surface area contributed by atoms with Crippen LogP contribution in [0.3, 0.4) is 0 Å². The SMILES string of the molecule is NCCC(=O)NCC1CCCCN1C(=O)c1ccc([N+](=O)[O-])c(O)c1. The van der Waals surface area contributed by atoms with E-state index in [9.17, 15) is 24.8 Å². The number of piperidine rings is 1. The lowest BCUT2D eigenvalue weighted by molar-refractivity contribution is -0.385. The van der Waals surface area contributed by atoms with Crippen LogP contribution >= 0.6 is 0 Å². The minimum atomic E-state index is -0.708. The first-order valence-electron chi connectivity index (χ1n) is 8.19. The number of hydrogen-bond donors (Lipinski definition) is 3. The van der Waals surface area contributed by atoms with Crippen LogP contribution in [0.5, 0.6) is 5.75 Å². The number of nitro benzene ring substituents is 1. The Hall–Kier alpha value is -2.68. The maximum Gasteiger partial charge on any atom is 0.310 e. The van der Waals surface area contributed by atoms with Crippen molar-refractivity contribution in [2.75, 3.05) is 19.6 Å². The normalized spacial score (nSPS) is 17.2. The molecule has 0 aromatic heterocycles. The van der Waals surface area contributed by atoms with E-state index in [0.29, 0.717) is 13.1 Å². The fourth-order valence-electron chi connectivity index (χ4n) is 2.91. The van der Waals surface area contributed by atoms with Gasteiger partial charge in [0.2, 0.25) is 5.91 Å². The van der Waals surface area contributed by atoms with Crippen molar-refractivity contribution in [1.82, 2.24) is 10.2 Å². The van der Waals surface area contributed by atoms with E-state index in [0.717, 1.165) is 31.4 Å². The van der Waals surface area contributed by atoms with Gasteiger partial charge < -0.3 is 21.1 Å². The maximum atomic E-state index is 12.7. The van der Waals surface area contributed by atoms with Crippen LogP contribution in [0.15, 0.2) is 18.2 Å². The van der Waals surface area contributed by atoms with Crippen LogP contribution in [0.1, 0.15) is 36.0 Å². The molecule has 2 amide bonds. The summed E-state index contributed by atoms with van der Waals surface area (Å²) >= 11 is 0. The summed E-state index contributed by atoms with van der Waals surface area (Å²) in [6.07, 6.45) is 2.79. The van der Waals surface area contributed by atoms with E-state index in [1.807, 2.05) is 0 Å². The first kappa shape index (κ1) is 18.7. The zero-order chi connectivity index (χ0) is 18.4. The van der Waals surface area contributed by atoms with Crippen molar-refractivity contribution in [3.05, 3.63) is 33.9 Å². The Labute approximate surface area is 144 Å². The van der Waals surface area contributed by atoms with Crippen molar-refractivity contribution in [3.63, 3.8) is 0 Å². The number of benzene rings is 1. The van der Waals surface area contributed by atoms with Crippen molar-refractivity contribution >= 4 is 17.5 Å². The third-order valence-electron chi connectivity index (χ3n) is 4.21. The molecule has 0 radical (unpaired) electrons. The van der Waals surface area contributed by atoms with E-state index in [1.165, 1.54) is 6.07 Å². The summed E-state index contributed by atoms with van der Waals surface area (Å²) in [5.74, 6) is -1.02. The molecule has 0 saturated carbocycles. The average molecular weight is 350 g/mol. The van der Waals surface area contributed by atoms with Gasteiger partial charge in [0.05, 0.1) is 4.92 Å². The molecule has 1 heterocycles. The fraction of sp³-hybridized carbons (Fsp3) is 0.500. The number of nitrogens with one attached hydrogen (secondary N) is 1. The third-order valence-corrected chi connectivity index (χ3v) is 4.21. The van der Waals surface area contributed by atoms with Crippen LogP contribution in [0, 0.1) is 10.1 Å². The highest BCUT2D eigenvalue weighted by Crippen LogP contribution is 2.28. The number of amides is 2. The molecule has 9 nitrogen and oxygen atoms in total. The summed E-state index contributed by atoms with van der Waals surface area (Å²) in [5, 5.41) is 23.3. The lowest BCUT2D eigenvalue weighted by Gasteiger charge is -2.36. The predicted octanol–water partition coefficient (Wildman–Crippen LogP) is 0.760. The van der Waals surface area contributed by atoms with Gasteiger partial charge in [-0.1, -0.05) is 0 Å². The van der Waals surface area contributed by atoms with Crippen LogP contribution in [-0.4, -0.2) is 52.4 Å². The van der Waals surface area contributed by atoms with Gasteiger partial charge >= 0.3 is 5.69 Å². The monoisotopic (exact) mass is 350 g/mol. The number of rotatable bonds is 6. The number of phenolic OH excluding ortho intramolecular Hbond substituents is 1. The molecule has 1 fully saturated rings. The first-order valence-corrected chi connectivity index (χ1v) is 8.19. The highest BCUT2D eigenvalue weighted by atomic mass is 16.6. The fourth-order valence-corrected chi connectivity index (χ4v) is 2.91. The molecule has 2 rings (SSSR count). The zero-order valence-electron chi connectivity index (χ0n) is 13.8. The Morgan fingerprint density at radius 3 is 2.80 bits per heavy atom. The molecule has 0 bridgehead atoms. The number of nitrogens with zero attached hydrogens (tertiary/aromatic N) is 2. The molecular weight excluding hydrogens is 328 g/mol. The summed E-state index contributed by atoms with van der Waals surface area (Å²) in [5.41, 5.74) is 5.08. The molecule has 136 valence electrons. The van der Waals surface area contributed by atoms with E-state index in [2.05, 4.69) is 5.32 Å². The number of hydrogen-bond acceptors (Lipinski definition) is 6. The second kappa shape index (κ2) is 8.43. The number of carbonyl (C=O) groups excluding carboxylic acids is 2. The van der Waals surface area contributed by atoms with Gasteiger partial charge in [-0.3, -0.25) is 19.7 Å². The molecular formula is C16H22N4O5. The topological polar surface area (TPSA) is 139 Å². The molecule has 9 heteroatoms. The number of aromatic hydroxyl groups is 1. The van der Waals surface area contributed by atoms with Crippen LogP contribution in [-0.2, 0) is 4.79 Å². The van der Waals surface area contributed by atoms with Gasteiger partial charge in [-0.25, -0.2) is 0 Å². The molecule has 1 aromatic carbocycles. The molecule has 1 aliphatic rings. The lowest BCUT2D eigenvalue weighted by atomic mass is 10.0. The molecule has 1 atom stereocenters. The first-order chi connectivity index (χ1) is 11.9. The Kier molecular flexibility index (Phi) is 6.29. The van der Waals surface area contributed by atoms with Crippen molar-refractivity contribution in [2.45, 2.75) is 31.7 Å². The van der Waals surface area contributed by atoms with Gasteiger partial charge in [-0.2, -0.15) is 0 Å². The summed E-state index contributed by atoms with van der Waals surface area (Å²) in [6.45, 7) is 1.14. The molecule has 1 aromatic rings. The molecule has 0 aliphatic carbocycles. The highest BCUT2D eigenvalue weighted by molar-refractivity contribution is 5.95. The van der Waals surface area contributed by atoms with E-state index < -0.39 is 16.4 Å². The summed E-state index contributed by atoms with van der Waals surface area (Å²) in [7, 11) is 0. The van der Waals surface area contributed by atoms with Crippen molar-refractivity contribution in [2.24, 2.45) is 5.73 Å². The van der Waals surface area contributed by atoms with Gasteiger partial charge in [0.15, 0.2) is 5.75 Å². The smallest absolute Gasteiger partial charge is 0.310 e. The van der Waals surface area contributed by atoms with E-state index >= 15 is 0 Å². The molecule has 1 unspecified atom stereocenters. The van der Waals surface area contributed by atoms with E-state index in [4.69, 9.17) is 5.73 Å². The molecule has 1 aliphatic heterocycles. The van der Waals surface area contributed by atoms with Gasteiger partial charge in [-0.05, 0) is 31.4 Å². The molecule has 0 spiro atoms. The summed E-state index contributed by atoms with van der Waals surface area (Å²) < 4.78 is 0. The number of nitro groups is 1. The number of likely N-dealkylation sites (tertiary alicyclic amines) is 1. The number of nitrogens with two attached hydrogens (primary N) is 1. The standard InChI is InChI=1S/C16H22N4O5/c17-7-6-15(22)18-10-12-3-1-2-8-19(12)16(23)11-4-5-13(20(24)25)14(21)9-11/h4-5,9,12,21H,1-3,6-8,10,17H2,(H,18,22). The zero-order valence-corrected chi connectivity index (χ0v) is 13.8. The minimum Gasteiger partial charge on any atom is -0.502 e. The molecule has 1 saturated heterocycles. The van der Waals surface area contributed by atoms with E-state index in [1.54, 1.807) is 4.90 Å². The lowest BCUT2D eigenvalue weighted by Crippen LogP contribution is -2.49. The van der Waals surface area contributed by atoms with Gasteiger partial charge in [0, 0.05) is 43.7 Å². The number of phenols is 1. The second-order valence-corrected chi connectivity index (χ2v) is 5.95. The Morgan fingerprint density at radius 1 is 1.40 bits per heavy atom. The summed E-state index contributed by atoms with van der Waals surface area (Å²) in [6, 6.07) is 3.41. The Balaban J connectivity index is 2.10. The highest BCUT2D eigenvalue weighted by Gasteiger charge is 2.28. The number of carbonyl (C=O) groups is 2. The van der Waals surface area contributed by atoms with Gasteiger partial charge in [0.25, 0.3) is 5.91 Å². The van der Waals surface area contributed by atoms with Crippen LogP contribution in [0.2, 0.25) is 0 Å². The quantitative estimate of drug-likeness (QED) is 0.511. The van der Waals surface area contributed by atoms with Crippen molar-refractivity contribution in [1.29, 1.82) is 0 Å². The van der Waals surface area contributed by atoms with E-state index in [-0.39, 0.29) is 36.4 Å². The third kappa shape index (κ3) is 4.66. The molecule has 4 N–H and O–H groups in total. The van der Waals surface area contributed by atoms with Gasteiger partial charge in [-0.15, -0.1) is 0 Å². The summed E-state index contributed by atoms with van der Waals surface area (Å²) in [4.78, 5) is 36.0. The van der Waals surface area contributed by atoms with Crippen LogP contribution in [0.25, 0.3) is 0 Å². The largest absolute Gasteiger partial charge is 0.502 e. The average Bonchev–Trinajstić information content (AvgIpc) is 2.59. The van der Waals surface area contributed by atoms with Crippen molar-refractivity contribution < 1.29 is 19.6 Å². The van der Waals surface area contributed by atoms with Gasteiger partial charge in [0.1, 0.15) is 0 Å². The van der Waals surface area contributed by atoms with Crippen molar-refractivity contribution in [3.8, 4) is 5.75 Å². The predicted molar refractivity (Wildman–Crippen MR) is 90.1 cm³/mol. The Bertz CT molecular complexity index is 664. The maximum absolute atomic E-state index is 12.7. The minimum absolute atomic E-state index is 0.152. The Morgan fingerprint density at radius 2 is 2.16 bits per heavy atom.